The first-order chi connectivity index (χ1) is 14.1. The minimum atomic E-state index is -4.04. The fourth-order valence-electron chi connectivity index (χ4n) is 2.92. The fraction of sp³-hybridized carbons (Fsp3) is 0.250. The first-order valence-corrected chi connectivity index (χ1v) is 10.6. The van der Waals surface area contributed by atoms with Crippen LogP contribution in [0.2, 0.25) is 0 Å². The molecule has 0 bridgehead atoms. The topological polar surface area (TPSA) is 125 Å². The molecule has 1 heterocycles. The number of carbonyl (C=O) groups excluding carboxylic acids is 3. The standard InChI is InChI=1S/C20H22N4O5S/c1-12-4-5-14(8-13(12)2)22-19(26)11-24(3)30(28,29)15-6-7-17-16(9-15)20(27)21-10-18(25)23-17/h4-9H,10-11H2,1-3H3,(H,21,27)(H,22,26)(H,23,25). The number of sulfonamides is 1. The van der Waals surface area contributed by atoms with Gasteiger partial charge in [-0.15, -0.1) is 0 Å². The number of nitrogens with zero attached hydrogens (tertiary/aromatic N) is 1. The molecule has 30 heavy (non-hydrogen) atoms. The van der Waals surface area contributed by atoms with Crippen molar-refractivity contribution in [2.45, 2.75) is 18.7 Å². The molecule has 2 aromatic rings. The molecule has 3 rings (SSSR count). The number of amides is 3. The summed E-state index contributed by atoms with van der Waals surface area (Å²) in [6.07, 6.45) is 0. The highest BCUT2D eigenvalue weighted by atomic mass is 32.2. The Bertz CT molecular complexity index is 1140. The van der Waals surface area contributed by atoms with Crippen molar-refractivity contribution in [3.05, 3.63) is 53.1 Å². The second-order valence-electron chi connectivity index (χ2n) is 7.05. The van der Waals surface area contributed by atoms with Gasteiger partial charge in [-0.3, -0.25) is 14.4 Å². The molecule has 0 unspecified atom stereocenters. The summed E-state index contributed by atoms with van der Waals surface area (Å²) in [5.41, 5.74) is 2.92. The highest BCUT2D eigenvalue weighted by molar-refractivity contribution is 7.89. The van der Waals surface area contributed by atoms with Crippen LogP contribution in [-0.2, 0) is 19.6 Å². The predicted molar refractivity (Wildman–Crippen MR) is 112 cm³/mol. The van der Waals surface area contributed by atoms with Gasteiger partial charge in [0.05, 0.1) is 29.2 Å². The lowest BCUT2D eigenvalue weighted by Crippen LogP contribution is -2.35. The summed E-state index contributed by atoms with van der Waals surface area (Å²) in [6, 6.07) is 9.24. The Morgan fingerprint density at radius 1 is 1.10 bits per heavy atom. The van der Waals surface area contributed by atoms with Crippen LogP contribution in [0.1, 0.15) is 21.5 Å². The van der Waals surface area contributed by atoms with Gasteiger partial charge in [0.15, 0.2) is 0 Å². The Labute approximate surface area is 174 Å². The number of carbonyl (C=O) groups is 3. The fourth-order valence-corrected chi connectivity index (χ4v) is 4.07. The molecule has 1 aliphatic rings. The average Bonchev–Trinajstić information content (AvgIpc) is 2.82. The molecule has 0 saturated heterocycles. The second kappa shape index (κ2) is 8.25. The van der Waals surface area contributed by atoms with Crippen molar-refractivity contribution in [2.75, 3.05) is 30.8 Å². The van der Waals surface area contributed by atoms with E-state index in [1.54, 1.807) is 12.1 Å². The van der Waals surface area contributed by atoms with Crippen molar-refractivity contribution in [1.82, 2.24) is 9.62 Å². The molecule has 9 nitrogen and oxygen atoms in total. The van der Waals surface area contributed by atoms with Crippen LogP contribution in [0.4, 0.5) is 11.4 Å². The second-order valence-corrected chi connectivity index (χ2v) is 9.09. The molecule has 0 atom stereocenters. The summed E-state index contributed by atoms with van der Waals surface area (Å²) in [4.78, 5) is 35.9. The normalized spacial score (nSPS) is 13.9. The lowest BCUT2D eigenvalue weighted by Gasteiger charge is -2.18. The van der Waals surface area contributed by atoms with E-state index in [0.29, 0.717) is 5.69 Å². The van der Waals surface area contributed by atoms with Gasteiger partial charge in [-0.1, -0.05) is 6.07 Å². The third kappa shape index (κ3) is 4.50. The number of aryl methyl sites for hydroxylation is 2. The number of nitrogens with one attached hydrogen (secondary N) is 3. The Balaban J connectivity index is 1.77. The van der Waals surface area contributed by atoms with E-state index in [9.17, 15) is 22.8 Å². The summed E-state index contributed by atoms with van der Waals surface area (Å²) in [5.74, 6) is -1.46. The third-order valence-electron chi connectivity index (χ3n) is 4.78. The maximum absolute atomic E-state index is 12.9. The molecule has 0 fully saturated rings. The molecule has 0 saturated carbocycles. The number of benzene rings is 2. The van der Waals surface area contributed by atoms with E-state index < -0.39 is 34.3 Å². The van der Waals surface area contributed by atoms with Crippen molar-refractivity contribution in [1.29, 1.82) is 0 Å². The monoisotopic (exact) mass is 430 g/mol. The van der Waals surface area contributed by atoms with Gasteiger partial charge in [0, 0.05) is 12.7 Å². The van der Waals surface area contributed by atoms with Crippen LogP contribution in [0.15, 0.2) is 41.3 Å². The van der Waals surface area contributed by atoms with E-state index in [1.807, 2.05) is 19.9 Å². The summed E-state index contributed by atoms with van der Waals surface area (Å²) in [6.45, 7) is 3.26. The van der Waals surface area contributed by atoms with E-state index in [-0.39, 0.29) is 22.7 Å². The van der Waals surface area contributed by atoms with Gasteiger partial charge in [-0.05, 0) is 55.3 Å². The number of fused-ring (bicyclic) bond motifs is 1. The SMILES string of the molecule is Cc1ccc(NC(=O)CN(C)S(=O)(=O)c2ccc3c(c2)C(=O)NCC(=O)N3)cc1C. The largest absolute Gasteiger partial charge is 0.343 e. The van der Waals surface area contributed by atoms with E-state index in [0.717, 1.165) is 15.4 Å². The first kappa shape index (κ1) is 21.5. The van der Waals surface area contributed by atoms with Gasteiger partial charge >= 0.3 is 0 Å². The van der Waals surface area contributed by atoms with E-state index in [1.165, 1.54) is 25.2 Å². The number of rotatable bonds is 5. The Morgan fingerprint density at radius 2 is 1.83 bits per heavy atom. The first-order valence-electron chi connectivity index (χ1n) is 9.13. The van der Waals surface area contributed by atoms with Crippen LogP contribution >= 0.6 is 0 Å². The van der Waals surface area contributed by atoms with Gasteiger partial charge in [-0.2, -0.15) is 4.31 Å². The van der Waals surface area contributed by atoms with Crippen LogP contribution in [0.3, 0.4) is 0 Å². The van der Waals surface area contributed by atoms with E-state index >= 15 is 0 Å². The molecule has 0 aliphatic carbocycles. The summed E-state index contributed by atoms with van der Waals surface area (Å²) in [7, 11) is -2.76. The van der Waals surface area contributed by atoms with Crippen LogP contribution in [-0.4, -0.2) is 50.6 Å². The zero-order valence-corrected chi connectivity index (χ0v) is 17.6. The van der Waals surface area contributed by atoms with Gasteiger partial charge < -0.3 is 16.0 Å². The van der Waals surface area contributed by atoms with E-state index in [4.69, 9.17) is 0 Å². The quantitative estimate of drug-likeness (QED) is 0.658. The van der Waals surface area contributed by atoms with Crippen LogP contribution < -0.4 is 16.0 Å². The summed E-state index contributed by atoms with van der Waals surface area (Å²) in [5, 5.41) is 7.61. The van der Waals surface area contributed by atoms with Crippen molar-refractivity contribution >= 4 is 39.1 Å². The molecule has 158 valence electrons. The maximum Gasteiger partial charge on any atom is 0.253 e. The zero-order chi connectivity index (χ0) is 22.1. The summed E-state index contributed by atoms with van der Waals surface area (Å²) >= 11 is 0. The minimum Gasteiger partial charge on any atom is -0.343 e. The lowest BCUT2D eigenvalue weighted by molar-refractivity contribution is -0.116. The number of anilines is 2. The predicted octanol–water partition coefficient (Wildman–Crippen LogP) is 1.24. The highest BCUT2D eigenvalue weighted by Gasteiger charge is 2.26. The molecular formula is C20H22N4O5S. The molecule has 0 radical (unpaired) electrons. The van der Waals surface area contributed by atoms with Crippen molar-refractivity contribution in [2.24, 2.45) is 0 Å². The van der Waals surface area contributed by atoms with Crippen LogP contribution in [0, 0.1) is 13.8 Å². The summed E-state index contributed by atoms with van der Waals surface area (Å²) < 4.78 is 26.7. The number of likely N-dealkylation sites (N-methyl/N-ethyl adjacent to an activating group) is 1. The average molecular weight is 430 g/mol. The van der Waals surface area contributed by atoms with Crippen molar-refractivity contribution in [3.8, 4) is 0 Å². The smallest absolute Gasteiger partial charge is 0.253 e. The number of hydrogen-bond acceptors (Lipinski definition) is 5. The van der Waals surface area contributed by atoms with Crippen LogP contribution in [0.5, 0.6) is 0 Å². The van der Waals surface area contributed by atoms with Crippen LogP contribution in [0.25, 0.3) is 0 Å². The molecule has 10 heteroatoms. The minimum absolute atomic E-state index is 0.0370. The lowest BCUT2D eigenvalue weighted by atomic mass is 10.1. The van der Waals surface area contributed by atoms with Gasteiger partial charge in [0.25, 0.3) is 5.91 Å². The Hall–Kier alpha value is -3.24. The van der Waals surface area contributed by atoms with Crippen molar-refractivity contribution < 1.29 is 22.8 Å². The van der Waals surface area contributed by atoms with Gasteiger partial charge in [0.2, 0.25) is 21.8 Å². The zero-order valence-electron chi connectivity index (χ0n) is 16.8. The molecule has 1 aliphatic heterocycles. The van der Waals surface area contributed by atoms with Crippen molar-refractivity contribution in [3.63, 3.8) is 0 Å². The molecule has 2 aromatic carbocycles. The number of hydrogen-bond donors (Lipinski definition) is 3. The maximum atomic E-state index is 12.9. The highest BCUT2D eigenvalue weighted by Crippen LogP contribution is 2.24. The molecule has 3 amide bonds. The molecule has 0 aromatic heterocycles. The van der Waals surface area contributed by atoms with Gasteiger partial charge in [0.1, 0.15) is 0 Å². The molecule has 0 spiro atoms. The van der Waals surface area contributed by atoms with E-state index in [2.05, 4.69) is 16.0 Å². The Kier molecular flexibility index (Phi) is 5.90. The third-order valence-corrected chi connectivity index (χ3v) is 6.58. The Morgan fingerprint density at radius 3 is 2.53 bits per heavy atom. The molecular weight excluding hydrogens is 408 g/mol. The molecule has 3 N–H and O–H groups in total. The van der Waals surface area contributed by atoms with Gasteiger partial charge in [-0.25, -0.2) is 8.42 Å².